The molecule has 3 unspecified atom stereocenters. The normalized spacial score (nSPS) is 32.4. The quantitative estimate of drug-likeness (QED) is 0.833. The smallest absolute Gasteiger partial charge is 0.303 e. The molecule has 1 saturated carbocycles. The first kappa shape index (κ1) is 15.8. The van der Waals surface area contributed by atoms with E-state index >= 15 is 0 Å². The monoisotopic (exact) mass is 303 g/mol. The molecule has 0 radical (unpaired) electrons. The average Bonchev–Trinajstić information content (AvgIpc) is 2.84. The van der Waals surface area contributed by atoms with E-state index in [2.05, 4.69) is 4.90 Å². The van der Waals surface area contributed by atoms with E-state index < -0.39 is 15.8 Å². The minimum Gasteiger partial charge on any atom is -0.481 e. The second-order valence-corrected chi connectivity index (χ2v) is 8.68. The Morgan fingerprint density at radius 3 is 2.70 bits per heavy atom. The van der Waals surface area contributed by atoms with Gasteiger partial charge >= 0.3 is 5.97 Å². The summed E-state index contributed by atoms with van der Waals surface area (Å²) in [5, 5.41) is 8.55. The molecule has 5 nitrogen and oxygen atoms in total. The average molecular weight is 303 g/mol. The molecule has 1 aliphatic carbocycles. The third kappa shape index (κ3) is 4.19. The summed E-state index contributed by atoms with van der Waals surface area (Å²) in [6, 6.07) is 0.373. The van der Waals surface area contributed by atoms with Gasteiger partial charge in [-0.2, -0.15) is 0 Å². The predicted octanol–water partition coefficient (Wildman–Crippen LogP) is 1.53. The van der Waals surface area contributed by atoms with Gasteiger partial charge in [-0.05, 0) is 44.6 Å². The molecule has 116 valence electrons. The number of hydrogen-bond acceptors (Lipinski definition) is 4. The topological polar surface area (TPSA) is 74.7 Å². The Balaban J connectivity index is 1.85. The van der Waals surface area contributed by atoms with E-state index in [4.69, 9.17) is 5.11 Å². The van der Waals surface area contributed by atoms with E-state index in [1.54, 1.807) is 0 Å². The number of carbonyl (C=O) groups is 1. The Morgan fingerprint density at radius 1 is 1.30 bits per heavy atom. The molecule has 1 N–H and O–H groups in total. The van der Waals surface area contributed by atoms with Crippen molar-refractivity contribution in [2.75, 3.05) is 19.3 Å². The van der Waals surface area contributed by atoms with Crippen molar-refractivity contribution in [1.82, 2.24) is 4.90 Å². The van der Waals surface area contributed by atoms with Gasteiger partial charge in [0.15, 0.2) is 0 Å². The van der Waals surface area contributed by atoms with Gasteiger partial charge in [0, 0.05) is 25.3 Å². The van der Waals surface area contributed by atoms with Crippen LogP contribution in [0.1, 0.15) is 44.9 Å². The first-order valence-electron chi connectivity index (χ1n) is 7.51. The maximum atomic E-state index is 11.7. The first-order chi connectivity index (χ1) is 9.36. The van der Waals surface area contributed by atoms with Crippen molar-refractivity contribution in [2.45, 2.75) is 56.2 Å². The molecule has 0 aromatic carbocycles. The van der Waals surface area contributed by atoms with Crippen molar-refractivity contribution in [3.8, 4) is 0 Å². The van der Waals surface area contributed by atoms with E-state index in [1.807, 2.05) is 0 Å². The summed E-state index contributed by atoms with van der Waals surface area (Å²) in [7, 11) is -2.93. The number of carboxylic acids is 1. The Bertz CT molecular complexity index is 448. The number of likely N-dealkylation sites (tertiary alicyclic amines) is 1. The number of aliphatic carboxylic acids is 1. The maximum absolute atomic E-state index is 11.7. The lowest BCUT2D eigenvalue weighted by atomic mass is 9.94. The molecule has 1 aliphatic heterocycles. The largest absolute Gasteiger partial charge is 0.481 e. The maximum Gasteiger partial charge on any atom is 0.303 e. The Morgan fingerprint density at radius 2 is 2.05 bits per heavy atom. The van der Waals surface area contributed by atoms with Crippen LogP contribution in [-0.2, 0) is 14.6 Å². The zero-order chi connectivity index (χ0) is 14.8. The number of rotatable bonds is 5. The van der Waals surface area contributed by atoms with Crippen LogP contribution in [0.4, 0.5) is 0 Å². The minimum absolute atomic E-state index is 0.181. The molecular weight excluding hydrogens is 278 g/mol. The van der Waals surface area contributed by atoms with Crippen molar-refractivity contribution >= 4 is 15.8 Å². The summed E-state index contributed by atoms with van der Waals surface area (Å²) in [6.07, 6.45) is 7.00. The van der Waals surface area contributed by atoms with Gasteiger partial charge in [-0.15, -0.1) is 0 Å². The van der Waals surface area contributed by atoms with Crippen LogP contribution in [0.5, 0.6) is 0 Å². The lowest BCUT2D eigenvalue weighted by Crippen LogP contribution is -2.41. The van der Waals surface area contributed by atoms with Crippen LogP contribution in [0.2, 0.25) is 0 Å². The van der Waals surface area contributed by atoms with Gasteiger partial charge in [0.05, 0.1) is 5.25 Å². The molecule has 0 aromatic heterocycles. The summed E-state index contributed by atoms with van der Waals surface area (Å²) < 4.78 is 23.4. The van der Waals surface area contributed by atoms with Crippen LogP contribution in [-0.4, -0.2) is 55.0 Å². The summed E-state index contributed by atoms with van der Waals surface area (Å²) in [4.78, 5) is 13.0. The van der Waals surface area contributed by atoms with Gasteiger partial charge < -0.3 is 10.0 Å². The molecule has 2 fully saturated rings. The molecule has 20 heavy (non-hydrogen) atoms. The Kier molecular flexibility index (Phi) is 5.07. The van der Waals surface area contributed by atoms with Gasteiger partial charge in [-0.1, -0.05) is 6.42 Å². The van der Waals surface area contributed by atoms with Gasteiger partial charge in [-0.25, -0.2) is 8.42 Å². The molecule has 1 saturated heterocycles. The number of sulfone groups is 1. The molecule has 0 aromatic rings. The highest BCUT2D eigenvalue weighted by atomic mass is 32.2. The summed E-state index contributed by atoms with van der Waals surface area (Å²) >= 11 is 0. The van der Waals surface area contributed by atoms with Gasteiger partial charge in [0.1, 0.15) is 9.84 Å². The van der Waals surface area contributed by atoms with Gasteiger partial charge in [0.2, 0.25) is 0 Å². The SMILES string of the molecule is CS(=O)(=O)C1CCCC(N2CCC(CCC(=O)O)C2)C1. The molecular formula is C14H25NO4S. The highest BCUT2D eigenvalue weighted by Crippen LogP contribution is 2.31. The third-order valence-electron chi connectivity index (χ3n) is 4.80. The Hall–Kier alpha value is -0.620. The molecule has 0 amide bonds. The van der Waals surface area contributed by atoms with Crippen LogP contribution >= 0.6 is 0 Å². The first-order valence-corrected chi connectivity index (χ1v) is 9.46. The van der Waals surface area contributed by atoms with E-state index in [1.165, 1.54) is 6.26 Å². The molecule has 6 heteroatoms. The van der Waals surface area contributed by atoms with Crippen LogP contribution in [0, 0.1) is 5.92 Å². The van der Waals surface area contributed by atoms with E-state index in [9.17, 15) is 13.2 Å². The zero-order valence-corrected chi connectivity index (χ0v) is 12.9. The van der Waals surface area contributed by atoms with Crippen molar-refractivity contribution in [3.63, 3.8) is 0 Å². The molecule has 3 atom stereocenters. The lowest BCUT2D eigenvalue weighted by Gasteiger charge is -2.34. The van der Waals surface area contributed by atoms with Crippen LogP contribution in [0.15, 0.2) is 0 Å². The van der Waals surface area contributed by atoms with Crippen LogP contribution in [0.25, 0.3) is 0 Å². The minimum atomic E-state index is -2.93. The lowest BCUT2D eigenvalue weighted by molar-refractivity contribution is -0.137. The van der Waals surface area contributed by atoms with E-state index in [-0.39, 0.29) is 11.7 Å². The van der Waals surface area contributed by atoms with Crippen molar-refractivity contribution in [2.24, 2.45) is 5.92 Å². The van der Waals surface area contributed by atoms with Crippen molar-refractivity contribution in [1.29, 1.82) is 0 Å². The number of carboxylic acid groups (broad SMARTS) is 1. The van der Waals surface area contributed by atoms with Gasteiger partial charge in [0.25, 0.3) is 0 Å². The number of nitrogens with zero attached hydrogens (tertiary/aromatic N) is 1. The molecule has 0 bridgehead atoms. The van der Waals surface area contributed by atoms with Crippen molar-refractivity contribution < 1.29 is 18.3 Å². The molecule has 2 aliphatic rings. The molecule has 1 heterocycles. The number of hydrogen-bond donors (Lipinski definition) is 1. The second-order valence-electron chi connectivity index (χ2n) is 6.35. The van der Waals surface area contributed by atoms with E-state index in [0.29, 0.717) is 12.0 Å². The highest BCUT2D eigenvalue weighted by Gasteiger charge is 2.34. The third-order valence-corrected chi connectivity index (χ3v) is 6.44. The fourth-order valence-electron chi connectivity index (χ4n) is 3.60. The summed E-state index contributed by atoms with van der Waals surface area (Å²) in [6.45, 7) is 1.93. The fraction of sp³-hybridized carbons (Fsp3) is 0.929. The van der Waals surface area contributed by atoms with Gasteiger partial charge in [-0.3, -0.25) is 4.79 Å². The van der Waals surface area contributed by atoms with Crippen LogP contribution < -0.4 is 0 Å². The molecule has 0 spiro atoms. The zero-order valence-electron chi connectivity index (χ0n) is 12.1. The standard InChI is InChI=1S/C14H25NO4S/c1-20(18,19)13-4-2-3-12(9-13)15-8-7-11(10-15)5-6-14(16)17/h11-13H,2-10H2,1H3,(H,16,17). The fourth-order valence-corrected chi connectivity index (χ4v) is 4.76. The van der Waals surface area contributed by atoms with E-state index in [0.717, 1.165) is 51.6 Å². The van der Waals surface area contributed by atoms with Crippen molar-refractivity contribution in [3.05, 3.63) is 0 Å². The predicted molar refractivity (Wildman–Crippen MR) is 77.4 cm³/mol. The summed E-state index contributed by atoms with van der Waals surface area (Å²) in [5.74, 6) is -0.261. The Labute approximate surface area is 121 Å². The highest BCUT2D eigenvalue weighted by molar-refractivity contribution is 7.91. The molecule has 2 rings (SSSR count). The van der Waals surface area contributed by atoms with Crippen LogP contribution in [0.3, 0.4) is 0 Å². The summed E-state index contributed by atoms with van der Waals surface area (Å²) in [5.41, 5.74) is 0. The second kappa shape index (κ2) is 6.43.